The number of piperazine rings is 1. The van der Waals surface area contributed by atoms with Gasteiger partial charge in [-0.3, -0.25) is 9.59 Å². The molecule has 1 aliphatic heterocycles. The first-order chi connectivity index (χ1) is 8.49. The van der Waals surface area contributed by atoms with Crippen LogP contribution in [0, 0.1) is 11.8 Å². The Morgan fingerprint density at radius 3 is 2.22 bits per heavy atom. The van der Waals surface area contributed by atoms with Crippen LogP contribution >= 0.6 is 12.6 Å². The first-order valence-electron chi connectivity index (χ1n) is 6.66. The van der Waals surface area contributed by atoms with Gasteiger partial charge in [-0.1, -0.05) is 20.8 Å². The summed E-state index contributed by atoms with van der Waals surface area (Å²) in [5, 5.41) is 0. The number of thiol groups is 1. The van der Waals surface area contributed by atoms with Crippen molar-refractivity contribution in [3.8, 4) is 0 Å². The molecule has 104 valence electrons. The van der Waals surface area contributed by atoms with E-state index in [9.17, 15) is 9.59 Å². The van der Waals surface area contributed by atoms with Crippen molar-refractivity contribution < 1.29 is 9.59 Å². The summed E-state index contributed by atoms with van der Waals surface area (Å²) in [6, 6.07) is 0. The van der Waals surface area contributed by atoms with Gasteiger partial charge < -0.3 is 9.80 Å². The summed E-state index contributed by atoms with van der Waals surface area (Å²) < 4.78 is 0. The van der Waals surface area contributed by atoms with Crippen molar-refractivity contribution in [2.45, 2.75) is 27.2 Å². The third-order valence-corrected chi connectivity index (χ3v) is 3.95. The van der Waals surface area contributed by atoms with Crippen LogP contribution < -0.4 is 0 Å². The van der Waals surface area contributed by atoms with E-state index in [1.54, 1.807) is 9.80 Å². The van der Waals surface area contributed by atoms with Crippen molar-refractivity contribution in [3.05, 3.63) is 0 Å². The first-order valence-corrected chi connectivity index (χ1v) is 7.29. The van der Waals surface area contributed by atoms with Gasteiger partial charge in [0.1, 0.15) is 0 Å². The predicted molar refractivity (Wildman–Crippen MR) is 75.6 cm³/mol. The zero-order valence-corrected chi connectivity index (χ0v) is 12.4. The number of hydrogen-bond donors (Lipinski definition) is 1. The van der Waals surface area contributed by atoms with Crippen LogP contribution in [0.25, 0.3) is 0 Å². The molecule has 5 heteroatoms. The Bertz CT molecular complexity index is 307. The highest BCUT2D eigenvalue weighted by atomic mass is 32.1. The molecule has 0 saturated carbocycles. The molecule has 1 aliphatic rings. The van der Waals surface area contributed by atoms with E-state index < -0.39 is 0 Å². The second kappa shape index (κ2) is 7.02. The monoisotopic (exact) mass is 272 g/mol. The summed E-state index contributed by atoms with van der Waals surface area (Å²) in [5.41, 5.74) is 0. The average molecular weight is 272 g/mol. The van der Waals surface area contributed by atoms with Gasteiger partial charge in [0, 0.05) is 13.1 Å². The standard InChI is InChI=1S/C13H24N2O2S/c1-4-5-14-7-13(17)15(8-12(14)16)6-11(9-18)10(2)3/h10-11,18H,4-9H2,1-3H3. The molecule has 2 amide bonds. The summed E-state index contributed by atoms with van der Waals surface area (Å²) in [7, 11) is 0. The lowest BCUT2D eigenvalue weighted by Gasteiger charge is -2.36. The molecule has 0 bridgehead atoms. The van der Waals surface area contributed by atoms with Gasteiger partial charge in [-0.25, -0.2) is 0 Å². The van der Waals surface area contributed by atoms with Gasteiger partial charge >= 0.3 is 0 Å². The van der Waals surface area contributed by atoms with Crippen molar-refractivity contribution in [2.75, 3.05) is 31.9 Å². The Morgan fingerprint density at radius 1 is 1.17 bits per heavy atom. The van der Waals surface area contributed by atoms with E-state index in [0.717, 1.165) is 12.2 Å². The van der Waals surface area contributed by atoms with Gasteiger partial charge in [-0.05, 0) is 24.0 Å². The molecule has 1 fully saturated rings. The van der Waals surface area contributed by atoms with Crippen LogP contribution in [0.4, 0.5) is 0 Å². The van der Waals surface area contributed by atoms with E-state index in [4.69, 9.17) is 0 Å². The van der Waals surface area contributed by atoms with Crippen LogP contribution in [0.3, 0.4) is 0 Å². The van der Waals surface area contributed by atoms with E-state index in [-0.39, 0.29) is 24.9 Å². The molecule has 18 heavy (non-hydrogen) atoms. The number of rotatable bonds is 6. The molecule has 1 atom stereocenters. The molecule has 0 spiro atoms. The molecule has 0 aromatic carbocycles. The Labute approximate surface area is 115 Å². The van der Waals surface area contributed by atoms with E-state index in [2.05, 4.69) is 26.5 Å². The lowest BCUT2D eigenvalue weighted by molar-refractivity contribution is -0.150. The highest BCUT2D eigenvalue weighted by Crippen LogP contribution is 2.16. The molecule has 0 N–H and O–H groups in total. The molecule has 0 aromatic heterocycles. The third kappa shape index (κ3) is 3.90. The van der Waals surface area contributed by atoms with Crippen molar-refractivity contribution in [3.63, 3.8) is 0 Å². The maximum absolute atomic E-state index is 12.0. The molecule has 1 unspecified atom stereocenters. The smallest absolute Gasteiger partial charge is 0.242 e. The second-order valence-electron chi connectivity index (χ2n) is 5.28. The van der Waals surface area contributed by atoms with E-state index in [1.807, 2.05) is 6.92 Å². The Morgan fingerprint density at radius 2 is 1.72 bits per heavy atom. The zero-order chi connectivity index (χ0) is 13.7. The maximum Gasteiger partial charge on any atom is 0.242 e. The highest BCUT2D eigenvalue weighted by molar-refractivity contribution is 7.80. The van der Waals surface area contributed by atoms with E-state index in [1.165, 1.54) is 0 Å². The number of carbonyl (C=O) groups is 2. The van der Waals surface area contributed by atoms with Crippen LogP contribution in [0.2, 0.25) is 0 Å². The minimum Gasteiger partial charge on any atom is -0.332 e. The summed E-state index contributed by atoms with van der Waals surface area (Å²) in [6.45, 7) is 8.06. The fourth-order valence-corrected chi connectivity index (χ4v) is 2.64. The van der Waals surface area contributed by atoms with E-state index in [0.29, 0.717) is 24.9 Å². The van der Waals surface area contributed by atoms with Gasteiger partial charge in [0.15, 0.2) is 0 Å². The van der Waals surface area contributed by atoms with Gasteiger partial charge in [0.05, 0.1) is 13.1 Å². The molecule has 0 aliphatic carbocycles. The summed E-state index contributed by atoms with van der Waals surface area (Å²) >= 11 is 4.32. The van der Waals surface area contributed by atoms with Crippen molar-refractivity contribution >= 4 is 24.4 Å². The van der Waals surface area contributed by atoms with Crippen LogP contribution in [-0.4, -0.2) is 53.5 Å². The maximum atomic E-state index is 12.0. The second-order valence-corrected chi connectivity index (χ2v) is 5.64. The minimum atomic E-state index is 0.0653. The molecule has 4 nitrogen and oxygen atoms in total. The number of carbonyl (C=O) groups excluding carboxylic acids is 2. The molecular weight excluding hydrogens is 248 g/mol. The molecular formula is C13H24N2O2S. The summed E-state index contributed by atoms with van der Waals surface area (Å²) in [6.07, 6.45) is 0.893. The normalized spacial score (nSPS) is 18.7. The quantitative estimate of drug-likeness (QED) is 0.740. The van der Waals surface area contributed by atoms with Gasteiger partial charge in [0.2, 0.25) is 11.8 Å². The summed E-state index contributed by atoms with van der Waals surface area (Å²) in [4.78, 5) is 27.2. The third-order valence-electron chi connectivity index (χ3n) is 3.48. The van der Waals surface area contributed by atoms with Crippen LogP contribution in [0.5, 0.6) is 0 Å². The van der Waals surface area contributed by atoms with Gasteiger partial charge in [-0.2, -0.15) is 12.6 Å². The Hall–Kier alpha value is -0.710. The van der Waals surface area contributed by atoms with Crippen LogP contribution in [-0.2, 0) is 9.59 Å². The Kier molecular flexibility index (Phi) is 5.99. The minimum absolute atomic E-state index is 0.0653. The van der Waals surface area contributed by atoms with Crippen LogP contribution in [0.15, 0.2) is 0 Å². The van der Waals surface area contributed by atoms with Crippen LogP contribution in [0.1, 0.15) is 27.2 Å². The summed E-state index contributed by atoms with van der Waals surface area (Å²) in [5.74, 6) is 1.70. The lowest BCUT2D eigenvalue weighted by Crippen LogP contribution is -2.55. The lowest BCUT2D eigenvalue weighted by atomic mass is 9.97. The number of amides is 2. The van der Waals surface area contributed by atoms with E-state index >= 15 is 0 Å². The predicted octanol–water partition coefficient (Wildman–Crippen LogP) is 1.27. The van der Waals surface area contributed by atoms with Gasteiger partial charge in [0.25, 0.3) is 0 Å². The number of hydrogen-bond acceptors (Lipinski definition) is 3. The molecule has 1 rings (SSSR count). The largest absolute Gasteiger partial charge is 0.332 e. The number of nitrogens with zero attached hydrogens (tertiary/aromatic N) is 2. The Balaban J connectivity index is 2.59. The van der Waals surface area contributed by atoms with Gasteiger partial charge in [-0.15, -0.1) is 0 Å². The topological polar surface area (TPSA) is 40.6 Å². The molecule has 0 radical (unpaired) electrons. The fourth-order valence-electron chi connectivity index (χ4n) is 2.11. The first kappa shape index (κ1) is 15.3. The molecule has 1 heterocycles. The SMILES string of the molecule is CCCN1CC(=O)N(CC(CS)C(C)C)CC1=O. The van der Waals surface area contributed by atoms with Crippen molar-refractivity contribution in [1.82, 2.24) is 9.80 Å². The highest BCUT2D eigenvalue weighted by Gasteiger charge is 2.30. The zero-order valence-electron chi connectivity index (χ0n) is 11.6. The molecule has 0 aromatic rings. The fraction of sp³-hybridized carbons (Fsp3) is 0.846. The van der Waals surface area contributed by atoms with Crippen molar-refractivity contribution in [2.24, 2.45) is 11.8 Å². The average Bonchev–Trinajstić information content (AvgIpc) is 2.31. The molecule has 1 saturated heterocycles. The van der Waals surface area contributed by atoms with Crippen molar-refractivity contribution in [1.29, 1.82) is 0 Å².